The van der Waals surface area contributed by atoms with Crippen molar-refractivity contribution < 1.29 is 14.5 Å². The van der Waals surface area contributed by atoms with Crippen molar-refractivity contribution in [3.63, 3.8) is 0 Å². The Morgan fingerprint density at radius 3 is 2.57 bits per heavy atom. The predicted octanol–water partition coefficient (Wildman–Crippen LogP) is 2.32. The van der Waals surface area contributed by atoms with Gasteiger partial charge < -0.3 is 0 Å². The molecule has 104 valence electrons. The highest BCUT2D eigenvalue weighted by Crippen LogP contribution is 2.27. The molecule has 0 fully saturated rings. The zero-order valence-corrected chi connectivity index (χ0v) is 10.9. The Hall–Kier alpha value is -3.02. The summed E-state index contributed by atoms with van der Waals surface area (Å²) in [4.78, 5) is 35.9. The van der Waals surface area contributed by atoms with Gasteiger partial charge in [0.1, 0.15) is 0 Å². The molecule has 1 heterocycles. The van der Waals surface area contributed by atoms with Crippen molar-refractivity contribution in [2.75, 3.05) is 4.90 Å². The largest absolute Gasteiger partial charge is 0.274 e. The van der Waals surface area contributed by atoms with Crippen LogP contribution in [-0.4, -0.2) is 16.7 Å². The minimum absolute atomic E-state index is 0.102. The number of hydrogen-bond acceptors (Lipinski definition) is 4. The second kappa shape index (κ2) is 4.82. The highest BCUT2D eigenvalue weighted by molar-refractivity contribution is 6.24. The Morgan fingerprint density at radius 2 is 1.81 bits per heavy atom. The number of hydrogen-bond donors (Lipinski definition) is 0. The molecule has 2 aromatic carbocycles. The quantitative estimate of drug-likeness (QED) is 0.481. The van der Waals surface area contributed by atoms with Crippen LogP contribution in [-0.2, 0) is 11.2 Å². The van der Waals surface area contributed by atoms with Crippen molar-refractivity contribution in [3.05, 3.63) is 69.8 Å². The number of carbonyl (C=O) groups is 2. The fourth-order valence-electron chi connectivity index (χ4n) is 2.37. The van der Waals surface area contributed by atoms with Crippen LogP contribution in [0.4, 0.5) is 11.4 Å². The molecule has 6 nitrogen and oxygen atoms in total. The summed E-state index contributed by atoms with van der Waals surface area (Å²) >= 11 is 0. The first kappa shape index (κ1) is 13.0. The summed E-state index contributed by atoms with van der Waals surface area (Å²) < 4.78 is 0. The van der Waals surface area contributed by atoms with Gasteiger partial charge in [-0.1, -0.05) is 24.3 Å². The number of nitrogens with zero attached hydrogens (tertiary/aromatic N) is 2. The van der Waals surface area contributed by atoms with E-state index in [-0.39, 0.29) is 23.7 Å². The number of imide groups is 1. The molecule has 3 rings (SSSR count). The van der Waals surface area contributed by atoms with Gasteiger partial charge in [-0.15, -0.1) is 0 Å². The van der Waals surface area contributed by atoms with Crippen LogP contribution < -0.4 is 4.90 Å². The number of anilines is 1. The van der Waals surface area contributed by atoms with Crippen molar-refractivity contribution >= 4 is 23.2 Å². The number of rotatable bonds is 2. The van der Waals surface area contributed by atoms with E-state index in [0.717, 1.165) is 4.90 Å². The van der Waals surface area contributed by atoms with Gasteiger partial charge in [-0.2, -0.15) is 0 Å². The van der Waals surface area contributed by atoms with Crippen LogP contribution in [0.1, 0.15) is 15.9 Å². The lowest BCUT2D eigenvalue weighted by Crippen LogP contribution is -2.42. The Bertz CT molecular complexity index is 770. The van der Waals surface area contributed by atoms with E-state index in [4.69, 9.17) is 0 Å². The fourth-order valence-corrected chi connectivity index (χ4v) is 2.37. The third kappa shape index (κ3) is 2.16. The average Bonchev–Trinajstić information content (AvgIpc) is 2.47. The van der Waals surface area contributed by atoms with E-state index in [1.807, 2.05) is 0 Å². The molecule has 2 aromatic rings. The molecule has 0 unspecified atom stereocenters. The summed E-state index contributed by atoms with van der Waals surface area (Å²) in [6.45, 7) is 0. The zero-order valence-electron chi connectivity index (χ0n) is 10.9. The van der Waals surface area contributed by atoms with Crippen molar-refractivity contribution in [1.29, 1.82) is 0 Å². The highest BCUT2D eigenvalue weighted by atomic mass is 16.6. The van der Waals surface area contributed by atoms with Crippen LogP contribution >= 0.6 is 0 Å². The molecule has 2 amide bonds. The van der Waals surface area contributed by atoms with Gasteiger partial charge in [0.15, 0.2) is 0 Å². The second-order valence-corrected chi connectivity index (χ2v) is 4.65. The number of nitro groups is 1. The molecule has 1 aliphatic rings. The summed E-state index contributed by atoms with van der Waals surface area (Å²) in [7, 11) is 0. The number of fused-ring (bicyclic) bond motifs is 1. The van der Waals surface area contributed by atoms with E-state index < -0.39 is 10.8 Å². The molecular formula is C15H10N2O4. The Labute approximate surface area is 119 Å². The first-order valence-corrected chi connectivity index (χ1v) is 6.27. The van der Waals surface area contributed by atoms with Gasteiger partial charge >= 0.3 is 0 Å². The van der Waals surface area contributed by atoms with Crippen LogP contribution in [0.15, 0.2) is 48.5 Å². The molecule has 0 aliphatic carbocycles. The summed E-state index contributed by atoms with van der Waals surface area (Å²) in [5.74, 6) is -0.846. The number of carbonyl (C=O) groups excluding carboxylic acids is 2. The Balaban J connectivity index is 2.07. The average molecular weight is 282 g/mol. The second-order valence-electron chi connectivity index (χ2n) is 4.65. The lowest BCUT2D eigenvalue weighted by molar-refractivity contribution is -0.384. The van der Waals surface area contributed by atoms with Crippen molar-refractivity contribution in [2.45, 2.75) is 6.42 Å². The van der Waals surface area contributed by atoms with Crippen LogP contribution in [0, 0.1) is 10.1 Å². The monoisotopic (exact) mass is 282 g/mol. The molecule has 21 heavy (non-hydrogen) atoms. The normalized spacial score (nSPS) is 14.0. The maximum absolute atomic E-state index is 12.4. The molecule has 0 radical (unpaired) electrons. The van der Waals surface area contributed by atoms with Gasteiger partial charge in [-0.25, -0.2) is 4.90 Å². The van der Waals surface area contributed by atoms with Crippen LogP contribution in [0.5, 0.6) is 0 Å². The van der Waals surface area contributed by atoms with Gasteiger partial charge in [0.05, 0.1) is 17.0 Å². The third-order valence-electron chi connectivity index (χ3n) is 3.34. The maximum Gasteiger partial charge on any atom is 0.271 e. The molecule has 1 aliphatic heterocycles. The molecule has 0 saturated carbocycles. The smallest absolute Gasteiger partial charge is 0.271 e. The van der Waals surface area contributed by atoms with E-state index in [2.05, 4.69) is 0 Å². The topological polar surface area (TPSA) is 80.5 Å². The van der Waals surface area contributed by atoms with Gasteiger partial charge in [0, 0.05) is 17.7 Å². The zero-order chi connectivity index (χ0) is 15.0. The summed E-state index contributed by atoms with van der Waals surface area (Å²) in [5, 5.41) is 10.8. The minimum Gasteiger partial charge on any atom is -0.274 e. The first-order chi connectivity index (χ1) is 10.1. The number of nitro benzene ring substituents is 1. The van der Waals surface area contributed by atoms with Gasteiger partial charge in [0.2, 0.25) is 5.91 Å². The first-order valence-electron chi connectivity index (χ1n) is 6.27. The summed E-state index contributed by atoms with van der Waals surface area (Å²) in [6, 6.07) is 12.4. The van der Waals surface area contributed by atoms with E-state index >= 15 is 0 Å². The standard InChI is InChI=1S/C15H10N2O4/c18-14-8-10-4-1-2-7-13(10)15(19)16(14)11-5-3-6-12(9-11)17(20)21/h1-7,9H,8H2. The van der Waals surface area contributed by atoms with Crippen LogP contribution in [0.3, 0.4) is 0 Å². The minimum atomic E-state index is -0.559. The predicted molar refractivity (Wildman–Crippen MR) is 75.1 cm³/mol. The van der Waals surface area contributed by atoms with Crippen molar-refractivity contribution in [1.82, 2.24) is 0 Å². The number of amides is 2. The molecular weight excluding hydrogens is 272 g/mol. The molecule has 0 saturated heterocycles. The van der Waals surface area contributed by atoms with Gasteiger partial charge in [-0.05, 0) is 17.7 Å². The lowest BCUT2D eigenvalue weighted by atomic mass is 9.98. The molecule has 0 N–H and O–H groups in total. The van der Waals surface area contributed by atoms with E-state index in [1.54, 1.807) is 24.3 Å². The molecule has 0 aromatic heterocycles. The van der Waals surface area contributed by atoms with Crippen molar-refractivity contribution in [2.24, 2.45) is 0 Å². The number of benzene rings is 2. The van der Waals surface area contributed by atoms with E-state index in [1.165, 1.54) is 24.3 Å². The van der Waals surface area contributed by atoms with E-state index in [0.29, 0.717) is 11.1 Å². The Morgan fingerprint density at radius 1 is 1.05 bits per heavy atom. The maximum atomic E-state index is 12.4. The summed E-state index contributed by atoms with van der Waals surface area (Å²) in [6.07, 6.45) is 0.102. The van der Waals surface area contributed by atoms with E-state index in [9.17, 15) is 19.7 Å². The Kier molecular flexibility index (Phi) is 2.98. The fraction of sp³-hybridized carbons (Fsp3) is 0.0667. The van der Waals surface area contributed by atoms with Gasteiger partial charge in [-0.3, -0.25) is 19.7 Å². The van der Waals surface area contributed by atoms with Crippen molar-refractivity contribution in [3.8, 4) is 0 Å². The van der Waals surface area contributed by atoms with Gasteiger partial charge in [0.25, 0.3) is 11.6 Å². The SMILES string of the molecule is O=C1Cc2ccccc2C(=O)N1c1cccc([N+](=O)[O-])c1. The third-order valence-corrected chi connectivity index (χ3v) is 3.34. The molecule has 0 bridgehead atoms. The highest BCUT2D eigenvalue weighted by Gasteiger charge is 2.32. The number of non-ortho nitro benzene ring substituents is 1. The summed E-state index contributed by atoms with van der Waals surface area (Å²) in [5.41, 5.74) is 1.18. The van der Waals surface area contributed by atoms with Crippen LogP contribution in [0.25, 0.3) is 0 Å². The molecule has 0 spiro atoms. The molecule has 6 heteroatoms. The lowest BCUT2D eigenvalue weighted by Gasteiger charge is -2.26. The van der Waals surface area contributed by atoms with Crippen LogP contribution in [0.2, 0.25) is 0 Å². The molecule has 0 atom stereocenters.